The van der Waals surface area contributed by atoms with E-state index in [0.29, 0.717) is 17.4 Å². The van der Waals surface area contributed by atoms with Crippen LogP contribution in [0.1, 0.15) is 245 Å². The van der Waals surface area contributed by atoms with E-state index in [1.807, 2.05) is 21.1 Å². The zero-order valence-electron chi connectivity index (χ0n) is 47.1. The number of rotatable bonds is 53. The number of unbranched alkanes of at least 4 members (excludes halogenated alkanes) is 25. The lowest BCUT2D eigenvalue weighted by molar-refractivity contribution is -0.870. The van der Waals surface area contributed by atoms with Crippen LogP contribution in [0.2, 0.25) is 0 Å². The van der Waals surface area contributed by atoms with Crippen molar-refractivity contribution in [2.45, 2.75) is 251 Å². The fraction of sp³-hybridized carbons (Fsp3) is 0.742. The third-order valence-electron chi connectivity index (χ3n) is 12.4. The summed E-state index contributed by atoms with van der Waals surface area (Å²) in [4.78, 5) is 37.9. The molecule has 72 heavy (non-hydrogen) atoms. The van der Waals surface area contributed by atoms with Crippen molar-refractivity contribution < 1.29 is 42.1 Å². The molecule has 0 aliphatic heterocycles. The fourth-order valence-corrected chi connectivity index (χ4v) is 8.62. The molecule has 0 aliphatic rings. The van der Waals surface area contributed by atoms with Gasteiger partial charge in [0.05, 0.1) is 27.7 Å². The molecular weight excluding hydrogens is 918 g/mol. The number of esters is 2. The second-order valence-corrected chi connectivity index (χ2v) is 22.0. The van der Waals surface area contributed by atoms with Gasteiger partial charge in [0.1, 0.15) is 19.8 Å². The molecule has 416 valence electrons. The number of phosphoric acid groups is 1. The normalized spacial score (nSPS) is 13.9. The molecule has 2 unspecified atom stereocenters. The Morgan fingerprint density at radius 2 is 0.792 bits per heavy atom. The highest BCUT2D eigenvalue weighted by atomic mass is 31.2. The maximum absolute atomic E-state index is 12.8. The van der Waals surface area contributed by atoms with Gasteiger partial charge in [-0.25, -0.2) is 0 Å². The third kappa shape index (κ3) is 56.5. The molecule has 0 aliphatic carbocycles. The number of carbonyl (C=O) groups excluding carboxylic acids is 2. The Morgan fingerprint density at radius 3 is 1.18 bits per heavy atom. The molecule has 0 heterocycles. The third-order valence-corrected chi connectivity index (χ3v) is 13.4. The first-order valence-corrected chi connectivity index (χ1v) is 30.8. The minimum Gasteiger partial charge on any atom is -0.756 e. The first-order valence-electron chi connectivity index (χ1n) is 29.3. The number of quaternary nitrogens is 1. The summed E-state index contributed by atoms with van der Waals surface area (Å²) in [6, 6.07) is 0. The number of allylic oxidation sites excluding steroid dienone is 14. The summed E-state index contributed by atoms with van der Waals surface area (Å²) >= 11 is 0. The molecule has 0 bridgehead atoms. The van der Waals surface area contributed by atoms with Crippen molar-refractivity contribution in [3.8, 4) is 0 Å². The van der Waals surface area contributed by atoms with Crippen LogP contribution in [0.3, 0.4) is 0 Å². The molecule has 0 aromatic carbocycles. The summed E-state index contributed by atoms with van der Waals surface area (Å²) in [6.45, 7) is 4.10. The molecule has 9 nitrogen and oxygen atoms in total. The van der Waals surface area contributed by atoms with Crippen LogP contribution in [0.5, 0.6) is 0 Å². The van der Waals surface area contributed by atoms with E-state index in [-0.39, 0.29) is 26.1 Å². The van der Waals surface area contributed by atoms with Crippen molar-refractivity contribution in [1.29, 1.82) is 0 Å². The molecule has 0 rings (SSSR count). The number of hydrogen-bond donors (Lipinski definition) is 0. The summed E-state index contributed by atoms with van der Waals surface area (Å²) in [5.41, 5.74) is 0. The Bertz CT molecular complexity index is 1490. The van der Waals surface area contributed by atoms with Gasteiger partial charge in [-0.1, -0.05) is 227 Å². The van der Waals surface area contributed by atoms with Gasteiger partial charge in [-0.2, -0.15) is 0 Å². The summed E-state index contributed by atoms with van der Waals surface area (Å²) in [5.74, 6) is -0.841. The van der Waals surface area contributed by atoms with Crippen LogP contribution in [0.25, 0.3) is 0 Å². The van der Waals surface area contributed by atoms with Crippen molar-refractivity contribution in [2.24, 2.45) is 0 Å². The van der Waals surface area contributed by atoms with E-state index in [1.165, 1.54) is 122 Å². The van der Waals surface area contributed by atoms with Gasteiger partial charge in [-0.3, -0.25) is 14.2 Å². The molecule has 0 aromatic heterocycles. The summed E-state index contributed by atoms with van der Waals surface area (Å²) in [7, 11) is 1.16. The number of likely N-dealkylation sites (N-methyl/N-ethyl adjacent to an activating group) is 1. The predicted molar refractivity (Wildman–Crippen MR) is 305 cm³/mol. The van der Waals surface area contributed by atoms with Gasteiger partial charge in [-0.15, -0.1) is 0 Å². The summed E-state index contributed by atoms with van der Waals surface area (Å²) in [5, 5.41) is 0. The van der Waals surface area contributed by atoms with Gasteiger partial charge in [0.25, 0.3) is 7.82 Å². The molecule has 10 heteroatoms. The Kier molecular flexibility index (Phi) is 51.0. The van der Waals surface area contributed by atoms with Crippen molar-refractivity contribution in [1.82, 2.24) is 0 Å². The highest BCUT2D eigenvalue weighted by Gasteiger charge is 2.22. The van der Waals surface area contributed by atoms with Crippen LogP contribution >= 0.6 is 7.82 Å². The zero-order chi connectivity index (χ0) is 52.7. The molecular formula is C62H110NO8P. The Balaban J connectivity index is 4.11. The molecule has 0 radical (unpaired) electrons. The second-order valence-electron chi connectivity index (χ2n) is 20.6. The van der Waals surface area contributed by atoms with Gasteiger partial charge in [0.2, 0.25) is 0 Å². The molecule has 0 aromatic rings. The number of phosphoric ester groups is 1. The topological polar surface area (TPSA) is 111 Å². The summed E-state index contributed by atoms with van der Waals surface area (Å²) < 4.78 is 34.1. The van der Waals surface area contributed by atoms with Crippen LogP contribution in [-0.2, 0) is 32.7 Å². The number of hydrogen-bond acceptors (Lipinski definition) is 8. The van der Waals surface area contributed by atoms with Gasteiger partial charge in [0.15, 0.2) is 6.10 Å². The van der Waals surface area contributed by atoms with E-state index in [4.69, 9.17) is 18.5 Å². The van der Waals surface area contributed by atoms with E-state index in [0.717, 1.165) is 89.9 Å². The standard InChI is InChI=1S/C62H110NO8P/c1-6-8-10-12-14-16-18-20-22-24-25-26-27-28-29-30-31-32-33-34-35-36-37-39-41-43-45-47-49-51-53-55-62(65)71-60(59-70-72(66,67)69-57-56-63(3,4)5)58-68-61(64)54-52-50-48-46-44-42-40-38-23-21-19-17-15-13-11-9-7-2/h8,10,14-17,20-23,25-26,28-29,60H,6-7,9,11-13,18-19,24,27,30-59H2,1-5H3/b10-8-,16-14-,17-15-,22-20-,23-21-,26-25-,29-28-. The average molecular weight is 1030 g/mol. The van der Waals surface area contributed by atoms with E-state index >= 15 is 0 Å². The van der Waals surface area contributed by atoms with Crippen molar-refractivity contribution in [2.75, 3.05) is 47.5 Å². The van der Waals surface area contributed by atoms with E-state index in [2.05, 4.69) is 98.9 Å². The van der Waals surface area contributed by atoms with Gasteiger partial charge in [-0.05, 0) is 89.9 Å². The Morgan fingerprint density at radius 1 is 0.444 bits per heavy atom. The SMILES string of the molecule is CC/C=C\C/C=C\C/C=C\C/C=C\C/C=C\CCCCCCCCCCCCCCCCCC(=O)OC(COC(=O)CCCCCCCCC/C=C\C/C=C\CCCCC)COP(=O)([O-])OCC[N+](C)(C)C. The van der Waals surface area contributed by atoms with Crippen LogP contribution in [0, 0.1) is 0 Å². The van der Waals surface area contributed by atoms with Crippen molar-refractivity contribution >= 4 is 19.8 Å². The maximum atomic E-state index is 12.8. The quantitative estimate of drug-likeness (QED) is 0.0195. The van der Waals surface area contributed by atoms with Gasteiger partial charge < -0.3 is 27.9 Å². The largest absolute Gasteiger partial charge is 0.756 e. The second kappa shape index (κ2) is 53.0. The Labute approximate surface area is 443 Å². The molecule has 0 spiro atoms. The molecule has 0 saturated heterocycles. The molecule has 2 atom stereocenters. The van der Waals surface area contributed by atoms with E-state index in [9.17, 15) is 19.0 Å². The van der Waals surface area contributed by atoms with Crippen LogP contribution in [0.4, 0.5) is 0 Å². The zero-order valence-corrected chi connectivity index (χ0v) is 48.0. The Hall–Kier alpha value is -2.81. The highest BCUT2D eigenvalue weighted by molar-refractivity contribution is 7.45. The minimum atomic E-state index is -4.64. The molecule has 0 fully saturated rings. The van der Waals surface area contributed by atoms with Crippen LogP contribution < -0.4 is 4.89 Å². The number of ether oxygens (including phenoxy) is 2. The highest BCUT2D eigenvalue weighted by Crippen LogP contribution is 2.38. The number of carbonyl (C=O) groups is 2. The molecule has 0 saturated carbocycles. The van der Waals surface area contributed by atoms with Crippen molar-refractivity contribution in [3.63, 3.8) is 0 Å². The lowest BCUT2D eigenvalue weighted by Crippen LogP contribution is -2.37. The lowest BCUT2D eigenvalue weighted by atomic mass is 10.0. The van der Waals surface area contributed by atoms with Crippen molar-refractivity contribution in [3.05, 3.63) is 85.1 Å². The van der Waals surface area contributed by atoms with Crippen LogP contribution in [-0.4, -0.2) is 70.0 Å². The van der Waals surface area contributed by atoms with E-state index < -0.39 is 32.5 Å². The smallest absolute Gasteiger partial charge is 0.306 e. The first-order chi connectivity index (χ1) is 35.0. The number of nitrogens with zero attached hydrogens (tertiary/aromatic N) is 1. The molecule has 0 amide bonds. The fourth-order valence-electron chi connectivity index (χ4n) is 7.89. The lowest BCUT2D eigenvalue weighted by Gasteiger charge is -2.28. The first kappa shape index (κ1) is 69.2. The molecule has 0 N–H and O–H groups in total. The minimum absolute atomic E-state index is 0.0346. The average Bonchev–Trinajstić information content (AvgIpc) is 3.34. The van der Waals surface area contributed by atoms with Gasteiger partial charge >= 0.3 is 11.9 Å². The predicted octanol–water partition coefficient (Wildman–Crippen LogP) is 17.6. The van der Waals surface area contributed by atoms with E-state index in [1.54, 1.807) is 0 Å². The monoisotopic (exact) mass is 1030 g/mol. The maximum Gasteiger partial charge on any atom is 0.306 e. The summed E-state index contributed by atoms with van der Waals surface area (Å²) in [6.07, 6.45) is 70.6. The van der Waals surface area contributed by atoms with Gasteiger partial charge in [0, 0.05) is 12.8 Å². The van der Waals surface area contributed by atoms with Crippen LogP contribution in [0.15, 0.2) is 85.1 Å².